The molecule has 3 N–H and O–H groups in total. The first kappa shape index (κ1) is 7.02. The minimum absolute atomic E-state index is 0.173. The number of hydrogen-bond acceptors (Lipinski definition) is 2. The summed E-state index contributed by atoms with van der Waals surface area (Å²) in [5.74, 6) is 0. The molecule has 54 valence electrons. The maximum absolute atomic E-state index is 11.6. The molecule has 0 radical (unpaired) electrons. The minimum atomic E-state index is 0.173. The molecule has 0 heterocycles. The van der Waals surface area contributed by atoms with E-state index in [1.54, 1.807) is 17.7 Å². The van der Waals surface area contributed by atoms with Gasteiger partial charge in [-0.15, -0.1) is 4.48 Å². The Labute approximate surface area is 58.8 Å². The fourth-order valence-electron chi connectivity index (χ4n) is 0.767. The van der Waals surface area contributed by atoms with Crippen LogP contribution in [0.5, 0.6) is 0 Å². The SMILES string of the molecule is Nc1ccccc1CNF. The van der Waals surface area contributed by atoms with Crippen molar-refractivity contribution >= 4 is 5.69 Å². The number of benzene rings is 1. The van der Waals surface area contributed by atoms with Crippen molar-refractivity contribution in [1.29, 1.82) is 0 Å². The van der Waals surface area contributed by atoms with Gasteiger partial charge in [0.05, 0.1) is 6.54 Å². The molecule has 0 atom stereocenters. The van der Waals surface area contributed by atoms with E-state index in [1.807, 2.05) is 12.1 Å². The van der Waals surface area contributed by atoms with Crippen LogP contribution in [-0.4, -0.2) is 0 Å². The van der Waals surface area contributed by atoms with Crippen LogP contribution in [0.25, 0.3) is 0 Å². The fourth-order valence-corrected chi connectivity index (χ4v) is 0.767. The lowest BCUT2D eigenvalue weighted by atomic mass is 10.2. The molecule has 0 aromatic heterocycles. The highest BCUT2D eigenvalue weighted by atomic mass is 19.2. The van der Waals surface area contributed by atoms with Gasteiger partial charge in [-0.3, -0.25) is 0 Å². The summed E-state index contributed by atoms with van der Waals surface area (Å²) in [6, 6.07) is 7.16. The predicted molar refractivity (Wildman–Crippen MR) is 38.8 cm³/mol. The molecule has 1 aromatic rings. The van der Waals surface area contributed by atoms with Crippen LogP contribution < -0.4 is 11.3 Å². The van der Waals surface area contributed by atoms with Crippen molar-refractivity contribution < 1.29 is 4.48 Å². The first-order valence-electron chi connectivity index (χ1n) is 3.01. The first-order chi connectivity index (χ1) is 4.84. The Balaban J connectivity index is 2.81. The van der Waals surface area contributed by atoms with E-state index < -0.39 is 0 Å². The quantitative estimate of drug-likeness (QED) is 0.479. The van der Waals surface area contributed by atoms with Crippen LogP contribution >= 0.6 is 0 Å². The van der Waals surface area contributed by atoms with Crippen molar-refractivity contribution in [2.24, 2.45) is 0 Å². The Morgan fingerprint density at radius 2 is 2.10 bits per heavy atom. The summed E-state index contributed by atoms with van der Waals surface area (Å²) in [4.78, 5) is 0. The van der Waals surface area contributed by atoms with Crippen LogP contribution in [0.15, 0.2) is 24.3 Å². The van der Waals surface area contributed by atoms with Crippen LogP contribution in [-0.2, 0) is 6.54 Å². The average molecular weight is 140 g/mol. The van der Waals surface area contributed by atoms with Crippen molar-refractivity contribution in [2.45, 2.75) is 6.54 Å². The summed E-state index contributed by atoms with van der Waals surface area (Å²) >= 11 is 0. The van der Waals surface area contributed by atoms with E-state index in [0.29, 0.717) is 5.69 Å². The van der Waals surface area contributed by atoms with Gasteiger partial charge >= 0.3 is 0 Å². The highest BCUT2D eigenvalue weighted by Gasteiger charge is 1.94. The lowest BCUT2D eigenvalue weighted by Crippen LogP contribution is -2.02. The summed E-state index contributed by atoms with van der Waals surface area (Å²) in [6.07, 6.45) is 0. The summed E-state index contributed by atoms with van der Waals surface area (Å²) < 4.78 is 11.6. The Kier molecular flexibility index (Phi) is 2.23. The van der Waals surface area contributed by atoms with Crippen LogP contribution in [0, 0.1) is 0 Å². The third kappa shape index (κ3) is 1.45. The molecule has 0 fully saturated rings. The molecule has 0 aliphatic rings. The smallest absolute Gasteiger partial charge is 0.0530 e. The second-order valence-corrected chi connectivity index (χ2v) is 2.01. The molecular weight excluding hydrogens is 131 g/mol. The van der Waals surface area contributed by atoms with Crippen molar-refractivity contribution in [1.82, 2.24) is 5.54 Å². The van der Waals surface area contributed by atoms with Gasteiger partial charge in [-0.2, -0.15) is 5.54 Å². The summed E-state index contributed by atoms with van der Waals surface area (Å²) in [5, 5.41) is 0. The van der Waals surface area contributed by atoms with Crippen LogP contribution in [0.2, 0.25) is 0 Å². The van der Waals surface area contributed by atoms with Crippen molar-refractivity contribution in [3.05, 3.63) is 29.8 Å². The van der Waals surface area contributed by atoms with Crippen LogP contribution in [0.4, 0.5) is 10.2 Å². The van der Waals surface area contributed by atoms with E-state index in [9.17, 15) is 4.48 Å². The molecule has 3 heteroatoms. The maximum Gasteiger partial charge on any atom is 0.0530 e. The number of anilines is 1. The molecule has 0 aliphatic carbocycles. The van der Waals surface area contributed by atoms with E-state index in [1.165, 1.54) is 0 Å². The van der Waals surface area contributed by atoms with E-state index in [0.717, 1.165) is 5.56 Å². The van der Waals surface area contributed by atoms with Gasteiger partial charge in [0, 0.05) is 5.69 Å². The zero-order chi connectivity index (χ0) is 7.40. The Morgan fingerprint density at radius 3 is 2.70 bits per heavy atom. The van der Waals surface area contributed by atoms with Crippen LogP contribution in [0.1, 0.15) is 5.56 Å². The number of nitrogens with two attached hydrogens (primary N) is 1. The molecule has 0 saturated carbocycles. The van der Waals surface area contributed by atoms with E-state index >= 15 is 0 Å². The van der Waals surface area contributed by atoms with E-state index in [2.05, 4.69) is 0 Å². The zero-order valence-corrected chi connectivity index (χ0v) is 5.47. The van der Waals surface area contributed by atoms with Crippen molar-refractivity contribution in [2.75, 3.05) is 5.73 Å². The molecule has 1 rings (SSSR count). The molecule has 0 spiro atoms. The minimum Gasteiger partial charge on any atom is -0.398 e. The normalized spacial score (nSPS) is 9.70. The molecule has 2 nitrogen and oxygen atoms in total. The lowest BCUT2D eigenvalue weighted by molar-refractivity contribution is 0.330. The van der Waals surface area contributed by atoms with Crippen LogP contribution in [0.3, 0.4) is 0 Å². The van der Waals surface area contributed by atoms with Gasteiger partial charge in [0.1, 0.15) is 0 Å². The number of hydrogen-bond donors (Lipinski definition) is 2. The Bertz CT molecular complexity index is 213. The molecule has 10 heavy (non-hydrogen) atoms. The highest BCUT2D eigenvalue weighted by molar-refractivity contribution is 5.45. The average Bonchev–Trinajstić information content (AvgIpc) is 1.94. The second kappa shape index (κ2) is 3.17. The molecule has 0 saturated heterocycles. The third-order valence-corrected chi connectivity index (χ3v) is 1.31. The zero-order valence-electron chi connectivity index (χ0n) is 5.47. The van der Waals surface area contributed by atoms with Gasteiger partial charge < -0.3 is 5.73 Å². The van der Waals surface area contributed by atoms with Gasteiger partial charge in [-0.25, -0.2) is 0 Å². The number of para-hydroxylation sites is 1. The number of nitrogen functional groups attached to an aromatic ring is 1. The number of halogens is 1. The monoisotopic (exact) mass is 140 g/mol. The predicted octanol–water partition coefficient (Wildman–Crippen LogP) is 1.24. The molecule has 0 unspecified atom stereocenters. The molecular formula is C7H9FN2. The summed E-state index contributed by atoms with van der Waals surface area (Å²) in [7, 11) is 0. The molecule has 0 aliphatic heterocycles. The van der Waals surface area contributed by atoms with Gasteiger partial charge in [0.15, 0.2) is 0 Å². The van der Waals surface area contributed by atoms with Crippen molar-refractivity contribution in [3.8, 4) is 0 Å². The second-order valence-electron chi connectivity index (χ2n) is 2.01. The molecule has 1 aromatic carbocycles. The maximum atomic E-state index is 11.6. The number of rotatable bonds is 2. The van der Waals surface area contributed by atoms with Gasteiger partial charge in [0.25, 0.3) is 0 Å². The highest BCUT2D eigenvalue weighted by Crippen LogP contribution is 2.09. The summed E-state index contributed by atoms with van der Waals surface area (Å²) in [5.41, 5.74) is 8.45. The van der Waals surface area contributed by atoms with Crippen molar-refractivity contribution in [3.63, 3.8) is 0 Å². The molecule has 0 amide bonds. The number of nitrogens with one attached hydrogen (secondary N) is 1. The molecule has 0 bridgehead atoms. The summed E-state index contributed by atoms with van der Waals surface area (Å²) in [6.45, 7) is 0.173. The van der Waals surface area contributed by atoms with E-state index in [4.69, 9.17) is 5.73 Å². The van der Waals surface area contributed by atoms with Gasteiger partial charge in [-0.1, -0.05) is 18.2 Å². The van der Waals surface area contributed by atoms with E-state index in [-0.39, 0.29) is 6.54 Å². The fraction of sp³-hybridized carbons (Fsp3) is 0.143. The van der Waals surface area contributed by atoms with Gasteiger partial charge in [-0.05, 0) is 11.6 Å². The topological polar surface area (TPSA) is 38.0 Å². The lowest BCUT2D eigenvalue weighted by Gasteiger charge is -2.00. The first-order valence-corrected chi connectivity index (χ1v) is 3.01. The largest absolute Gasteiger partial charge is 0.398 e. The van der Waals surface area contributed by atoms with Gasteiger partial charge in [0.2, 0.25) is 0 Å². The Hall–Kier alpha value is -1.09. The standard InChI is InChI=1S/C7H9FN2/c8-10-5-6-3-1-2-4-7(6)9/h1-4,10H,5,9H2. The Morgan fingerprint density at radius 1 is 1.40 bits per heavy atom. The third-order valence-electron chi connectivity index (χ3n) is 1.31.